The number of amides is 2. The van der Waals surface area contributed by atoms with Crippen LogP contribution in [0.2, 0.25) is 0 Å². The van der Waals surface area contributed by atoms with E-state index in [0.717, 1.165) is 45.5 Å². The van der Waals surface area contributed by atoms with Crippen LogP contribution in [0.4, 0.5) is 18.9 Å². The molecule has 3 rings (SSSR count). The van der Waals surface area contributed by atoms with E-state index in [9.17, 15) is 31.2 Å². The molecular formula is C33H40F3N3O4S. The van der Waals surface area contributed by atoms with Gasteiger partial charge in [0.2, 0.25) is 21.8 Å². The Balaban J connectivity index is 1.90. The van der Waals surface area contributed by atoms with Gasteiger partial charge in [-0.1, -0.05) is 80.1 Å². The topological polar surface area (TPSA) is 86.8 Å². The van der Waals surface area contributed by atoms with Crippen molar-refractivity contribution in [3.05, 3.63) is 101 Å². The molecule has 0 saturated carbocycles. The lowest BCUT2D eigenvalue weighted by atomic mass is 10.0. The van der Waals surface area contributed by atoms with Gasteiger partial charge >= 0.3 is 6.18 Å². The van der Waals surface area contributed by atoms with Crippen LogP contribution in [0.5, 0.6) is 0 Å². The number of nitrogens with one attached hydrogen (secondary N) is 1. The van der Waals surface area contributed by atoms with Gasteiger partial charge in [0, 0.05) is 32.5 Å². The molecule has 0 saturated heterocycles. The number of carbonyl (C=O) groups excluding carboxylic acids is 2. The summed E-state index contributed by atoms with van der Waals surface area (Å²) >= 11 is 0. The number of carbonyl (C=O) groups is 2. The number of aryl methyl sites for hydroxylation is 1. The zero-order chi connectivity index (χ0) is 32.5. The van der Waals surface area contributed by atoms with E-state index in [1.54, 1.807) is 0 Å². The van der Waals surface area contributed by atoms with Crippen LogP contribution in [0, 0.1) is 12.8 Å². The van der Waals surface area contributed by atoms with Crippen LogP contribution in [-0.4, -0.2) is 50.5 Å². The number of sulfonamides is 1. The van der Waals surface area contributed by atoms with Gasteiger partial charge in [-0.2, -0.15) is 13.2 Å². The molecule has 11 heteroatoms. The number of nitrogens with zero attached hydrogens (tertiary/aromatic N) is 2. The fourth-order valence-corrected chi connectivity index (χ4v) is 5.78. The van der Waals surface area contributed by atoms with Crippen molar-refractivity contribution in [3.63, 3.8) is 0 Å². The fourth-order valence-electron chi connectivity index (χ4n) is 4.82. The molecule has 0 fully saturated rings. The molecular weight excluding hydrogens is 591 g/mol. The van der Waals surface area contributed by atoms with Crippen molar-refractivity contribution >= 4 is 27.5 Å². The molecule has 0 heterocycles. The quantitative estimate of drug-likeness (QED) is 0.238. The first-order chi connectivity index (χ1) is 20.6. The molecule has 0 aliphatic rings. The summed E-state index contributed by atoms with van der Waals surface area (Å²) < 4.78 is 66.0. The molecule has 0 spiro atoms. The molecule has 3 aromatic rings. The summed E-state index contributed by atoms with van der Waals surface area (Å²) in [4.78, 5) is 29.0. The van der Waals surface area contributed by atoms with Crippen molar-refractivity contribution in [1.82, 2.24) is 10.2 Å². The maximum Gasteiger partial charge on any atom is 0.416 e. The number of hydrogen-bond donors (Lipinski definition) is 1. The zero-order valence-electron chi connectivity index (χ0n) is 25.5. The second-order valence-electron chi connectivity index (χ2n) is 11.3. The summed E-state index contributed by atoms with van der Waals surface area (Å²) in [5.41, 5.74) is 1.58. The van der Waals surface area contributed by atoms with E-state index in [-0.39, 0.29) is 55.8 Å². The lowest BCUT2D eigenvalue weighted by Crippen LogP contribution is -2.51. The van der Waals surface area contributed by atoms with Crippen LogP contribution in [0.3, 0.4) is 0 Å². The summed E-state index contributed by atoms with van der Waals surface area (Å²) in [5.74, 6) is -0.481. The maximum absolute atomic E-state index is 13.9. The van der Waals surface area contributed by atoms with Crippen molar-refractivity contribution in [3.8, 4) is 0 Å². The molecule has 0 aliphatic carbocycles. The van der Waals surface area contributed by atoms with Gasteiger partial charge in [-0.25, -0.2) is 8.42 Å². The first kappa shape index (κ1) is 34.6. The third-order valence-corrected chi connectivity index (χ3v) is 8.20. The van der Waals surface area contributed by atoms with Crippen molar-refractivity contribution in [2.24, 2.45) is 5.92 Å². The van der Waals surface area contributed by atoms with Gasteiger partial charge in [0.15, 0.2) is 0 Å². The zero-order valence-corrected chi connectivity index (χ0v) is 26.3. The average Bonchev–Trinajstić information content (AvgIpc) is 2.95. The number of halogens is 3. The van der Waals surface area contributed by atoms with Crippen molar-refractivity contribution in [2.75, 3.05) is 23.7 Å². The minimum absolute atomic E-state index is 0.0259. The van der Waals surface area contributed by atoms with Gasteiger partial charge < -0.3 is 10.2 Å². The maximum atomic E-state index is 13.9. The minimum Gasteiger partial charge on any atom is -0.354 e. The Morgan fingerprint density at radius 2 is 1.57 bits per heavy atom. The summed E-state index contributed by atoms with van der Waals surface area (Å²) in [5, 5.41) is 2.96. The van der Waals surface area contributed by atoms with Crippen molar-refractivity contribution in [2.45, 2.75) is 58.8 Å². The molecule has 0 aliphatic heterocycles. The third-order valence-electron chi connectivity index (χ3n) is 7.00. The Hall–Kier alpha value is -3.86. The van der Waals surface area contributed by atoms with E-state index < -0.39 is 27.8 Å². The predicted octanol–water partition coefficient (Wildman–Crippen LogP) is 5.97. The second kappa shape index (κ2) is 15.2. The first-order valence-electron chi connectivity index (χ1n) is 14.5. The molecule has 44 heavy (non-hydrogen) atoms. The Bertz CT molecular complexity index is 1510. The average molecular weight is 632 g/mol. The highest BCUT2D eigenvalue weighted by Gasteiger charge is 2.33. The van der Waals surface area contributed by atoms with Crippen LogP contribution < -0.4 is 9.62 Å². The monoisotopic (exact) mass is 631 g/mol. The summed E-state index contributed by atoms with van der Waals surface area (Å²) in [6.07, 6.45) is -3.57. The standard InChI is InChI=1S/C33H40F3N3O4S/c1-24(2)22-37-32(41)30(20-26-12-6-5-7-13-26)38(23-27-14-8-11-25(3)19-27)31(40)17-10-18-39(44(4,42)43)29-16-9-15-28(21-29)33(34,35)36/h5-9,11-16,19,21,24,30H,10,17-18,20,22-23H2,1-4H3,(H,37,41). The molecule has 2 amide bonds. The lowest BCUT2D eigenvalue weighted by molar-refractivity contribution is -0.141. The van der Waals surface area contributed by atoms with E-state index in [1.165, 1.54) is 11.0 Å². The lowest BCUT2D eigenvalue weighted by Gasteiger charge is -2.32. The van der Waals surface area contributed by atoms with Crippen LogP contribution in [0.15, 0.2) is 78.9 Å². The summed E-state index contributed by atoms with van der Waals surface area (Å²) in [6.45, 7) is 6.24. The number of hydrogen-bond acceptors (Lipinski definition) is 4. The smallest absolute Gasteiger partial charge is 0.354 e. The van der Waals surface area contributed by atoms with Gasteiger partial charge in [0.05, 0.1) is 17.5 Å². The third kappa shape index (κ3) is 10.4. The molecule has 7 nitrogen and oxygen atoms in total. The molecule has 1 atom stereocenters. The van der Waals surface area contributed by atoms with E-state index in [2.05, 4.69) is 5.32 Å². The molecule has 238 valence electrons. The number of alkyl halides is 3. The van der Waals surface area contributed by atoms with Crippen LogP contribution in [0.25, 0.3) is 0 Å². The van der Waals surface area contributed by atoms with Crippen LogP contribution in [-0.2, 0) is 38.8 Å². The number of benzene rings is 3. The van der Waals surface area contributed by atoms with Crippen molar-refractivity contribution in [1.29, 1.82) is 0 Å². The molecule has 0 radical (unpaired) electrons. The van der Waals surface area contributed by atoms with Gasteiger partial charge in [-0.05, 0) is 48.6 Å². The largest absolute Gasteiger partial charge is 0.416 e. The highest BCUT2D eigenvalue weighted by molar-refractivity contribution is 7.92. The number of anilines is 1. The number of rotatable bonds is 14. The van der Waals surface area contributed by atoms with Gasteiger partial charge in [0.25, 0.3) is 0 Å². The van der Waals surface area contributed by atoms with Crippen molar-refractivity contribution < 1.29 is 31.2 Å². The highest BCUT2D eigenvalue weighted by Crippen LogP contribution is 2.32. The van der Waals surface area contributed by atoms with E-state index >= 15 is 0 Å². The van der Waals surface area contributed by atoms with Gasteiger partial charge in [-0.15, -0.1) is 0 Å². The van der Waals surface area contributed by atoms with E-state index in [1.807, 2.05) is 75.4 Å². The molecule has 3 aromatic carbocycles. The summed E-state index contributed by atoms with van der Waals surface area (Å²) in [6, 6.07) is 20.2. The SMILES string of the molecule is Cc1cccc(CN(C(=O)CCCN(c2cccc(C(F)(F)F)c2)S(C)(=O)=O)C(Cc2ccccc2)C(=O)NCC(C)C)c1. The Kier molecular flexibility index (Phi) is 12.0. The van der Waals surface area contributed by atoms with E-state index in [0.29, 0.717) is 6.54 Å². The first-order valence-corrected chi connectivity index (χ1v) is 16.3. The Morgan fingerprint density at radius 3 is 2.18 bits per heavy atom. The summed E-state index contributed by atoms with van der Waals surface area (Å²) in [7, 11) is -3.96. The van der Waals surface area contributed by atoms with Gasteiger partial charge in [-0.3, -0.25) is 13.9 Å². The normalized spacial score (nSPS) is 12.5. The molecule has 1 N–H and O–H groups in total. The van der Waals surface area contributed by atoms with E-state index in [4.69, 9.17) is 0 Å². The minimum atomic E-state index is -4.64. The van der Waals surface area contributed by atoms with Gasteiger partial charge in [0.1, 0.15) is 6.04 Å². The molecule has 1 unspecified atom stereocenters. The predicted molar refractivity (Wildman–Crippen MR) is 166 cm³/mol. The molecule has 0 bridgehead atoms. The van der Waals surface area contributed by atoms with Crippen LogP contribution in [0.1, 0.15) is 48.9 Å². The second-order valence-corrected chi connectivity index (χ2v) is 13.2. The van der Waals surface area contributed by atoms with Crippen LogP contribution >= 0.6 is 0 Å². The molecule has 0 aromatic heterocycles. The fraction of sp³-hybridized carbons (Fsp3) is 0.394. The Labute approximate surface area is 258 Å². The highest BCUT2D eigenvalue weighted by atomic mass is 32.2. The Morgan fingerprint density at radius 1 is 0.909 bits per heavy atom.